The van der Waals surface area contributed by atoms with E-state index in [1.54, 1.807) is 11.0 Å². The topological polar surface area (TPSA) is 59.5 Å². The van der Waals surface area contributed by atoms with Gasteiger partial charge >= 0.3 is 5.97 Å². The van der Waals surface area contributed by atoms with Crippen molar-refractivity contribution in [2.75, 3.05) is 18.1 Å². The number of carbonyl (C=O) groups excluding carboxylic acids is 2. The third-order valence-electron chi connectivity index (χ3n) is 5.74. The second kappa shape index (κ2) is 8.63. The van der Waals surface area contributed by atoms with Crippen molar-refractivity contribution in [3.63, 3.8) is 0 Å². The van der Waals surface area contributed by atoms with E-state index in [0.717, 1.165) is 29.7 Å². The summed E-state index contributed by atoms with van der Waals surface area (Å²) in [6.07, 6.45) is 1.84. The van der Waals surface area contributed by atoms with Crippen molar-refractivity contribution in [1.29, 1.82) is 0 Å². The minimum absolute atomic E-state index is 0.216. The molecule has 3 aromatic carbocycles. The van der Waals surface area contributed by atoms with Gasteiger partial charge in [-0.05, 0) is 36.6 Å². The Morgan fingerprint density at radius 1 is 0.906 bits per heavy atom. The van der Waals surface area contributed by atoms with E-state index in [1.807, 2.05) is 78.9 Å². The average molecular weight is 422 g/mol. The lowest BCUT2D eigenvalue weighted by molar-refractivity contribution is -0.121. The zero-order valence-electron chi connectivity index (χ0n) is 17.5. The molecule has 2 heterocycles. The fourth-order valence-corrected chi connectivity index (χ4v) is 4.18. The number of para-hydroxylation sites is 2. The highest BCUT2D eigenvalue weighted by atomic mass is 16.5. The van der Waals surface area contributed by atoms with Crippen LogP contribution in [0.5, 0.6) is 0 Å². The van der Waals surface area contributed by atoms with Gasteiger partial charge in [0.15, 0.2) is 6.61 Å². The van der Waals surface area contributed by atoms with E-state index in [0.29, 0.717) is 28.7 Å². The van der Waals surface area contributed by atoms with Crippen LogP contribution in [0, 0.1) is 0 Å². The summed E-state index contributed by atoms with van der Waals surface area (Å²) in [5.41, 5.74) is 4.76. The number of hydrogen-bond donors (Lipinski definition) is 0. The van der Waals surface area contributed by atoms with E-state index in [4.69, 9.17) is 9.72 Å². The Bertz CT molecular complexity index is 1300. The Hall–Kier alpha value is -3.99. The molecule has 0 spiro atoms. The monoisotopic (exact) mass is 422 g/mol. The van der Waals surface area contributed by atoms with Crippen LogP contribution in [0.3, 0.4) is 0 Å². The van der Waals surface area contributed by atoms with Gasteiger partial charge in [0.05, 0.1) is 16.8 Å². The standard InChI is InChI=1S/C27H22N2O3/c30-26(29-16-8-12-20-11-4-7-15-25(20)29)18-32-27(31)22-17-24(19-9-2-1-3-10-19)28-23-14-6-5-13-21(22)23/h1-7,9-11,13-15,17H,8,12,16,18H2. The second-order valence-corrected chi connectivity index (χ2v) is 7.79. The fourth-order valence-electron chi connectivity index (χ4n) is 4.18. The Labute approximate surface area is 186 Å². The molecular formula is C27H22N2O3. The zero-order valence-corrected chi connectivity index (χ0v) is 17.5. The molecule has 0 atom stereocenters. The number of nitrogens with zero attached hydrogens (tertiary/aromatic N) is 2. The molecule has 0 N–H and O–H groups in total. The molecule has 32 heavy (non-hydrogen) atoms. The molecule has 0 fully saturated rings. The van der Waals surface area contributed by atoms with E-state index >= 15 is 0 Å². The van der Waals surface area contributed by atoms with Crippen molar-refractivity contribution in [3.05, 3.63) is 96.1 Å². The number of benzene rings is 3. The summed E-state index contributed by atoms with van der Waals surface area (Å²) in [6, 6.07) is 26.8. The average Bonchev–Trinajstić information content (AvgIpc) is 2.86. The molecule has 0 saturated heterocycles. The normalized spacial score (nSPS) is 12.9. The smallest absolute Gasteiger partial charge is 0.339 e. The number of anilines is 1. The molecular weight excluding hydrogens is 400 g/mol. The molecule has 1 amide bonds. The highest BCUT2D eigenvalue weighted by molar-refractivity contribution is 6.05. The predicted octanol–water partition coefficient (Wildman–Crippen LogP) is 5.04. The molecule has 1 aliphatic rings. The first-order valence-corrected chi connectivity index (χ1v) is 10.7. The number of pyridine rings is 1. The van der Waals surface area contributed by atoms with Gasteiger partial charge in [-0.15, -0.1) is 0 Å². The van der Waals surface area contributed by atoms with Gasteiger partial charge in [0.1, 0.15) is 0 Å². The number of carbonyl (C=O) groups is 2. The maximum atomic E-state index is 13.1. The second-order valence-electron chi connectivity index (χ2n) is 7.79. The lowest BCUT2D eigenvalue weighted by Crippen LogP contribution is -2.38. The number of aryl methyl sites for hydroxylation is 1. The lowest BCUT2D eigenvalue weighted by Gasteiger charge is -2.29. The molecule has 0 radical (unpaired) electrons. The van der Waals surface area contributed by atoms with Gasteiger partial charge in [0.2, 0.25) is 0 Å². The number of esters is 1. The molecule has 0 saturated carbocycles. The third-order valence-corrected chi connectivity index (χ3v) is 5.74. The Kier molecular flexibility index (Phi) is 5.38. The molecule has 0 bridgehead atoms. The van der Waals surface area contributed by atoms with Crippen LogP contribution in [0.2, 0.25) is 0 Å². The van der Waals surface area contributed by atoms with E-state index in [9.17, 15) is 9.59 Å². The molecule has 1 aliphatic heterocycles. The summed E-state index contributed by atoms with van der Waals surface area (Å²) in [5.74, 6) is -0.744. The van der Waals surface area contributed by atoms with E-state index in [-0.39, 0.29) is 12.5 Å². The molecule has 158 valence electrons. The van der Waals surface area contributed by atoms with E-state index in [1.165, 1.54) is 0 Å². The summed E-state index contributed by atoms with van der Waals surface area (Å²) < 4.78 is 5.50. The van der Waals surface area contributed by atoms with Crippen molar-refractivity contribution in [2.24, 2.45) is 0 Å². The quantitative estimate of drug-likeness (QED) is 0.433. The molecule has 5 rings (SSSR count). The summed E-state index contributed by atoms with van der Waals surface area (Å²) in [4.78, 5) is 32.4. The SMILES string of the molecule is O=C(OCC(=O)N1CCCc2ccccc21)c1cc(-c2ccccc2)nc2ccccc12. The maximum Gasteiger partial charge on any atom is 0.339 e. The van der Waals surface area contributed by atoms with Crippen LogP contribution in [0.1, 0.15) is 22.3 Å². The van der Waals surface area contributed by atoms with Crippen molar-refractivity contribution >= 4 is 28.5 Å². The fraction of sp³-hybridized carbons (Fsp3) is 0.148. The van der Waals surface area contributed by atoms with Crippen LogP contribution in [0.4, 0.5) is 5.69 Å². The third kappa shape index (κ3) is 3.85. The molecule has 0 unspecified atom stereocenters. The molecule has 4 aromatic rings. The molecule has 0 aliphatic carbocycles. The lowest BCUT2D eigenvalue weighted by atomic mass is 10.0. The maximum absolute atomic E-state index is 13.1. The summed E-state index contributed by atoms with van der Waals surface area (Å²) in [7, 11) is 0. The highest BCUT2D eigenvalue weighted by Gasteiger charge is 2.24. The van der Waals surface area contributed by atoms with Crippen LogP contribution in [-0.2, 0) is 16.0 Å². The first kappa shape index (κ1) is 19.9. The Morgan fingerprint density at radius 3 is 2.53 bits per heavy atom. The number of rotatable bonds is 4. The van der Waals surface area contributed by atoms with Crippen molar-refractivity contribution in [1.82, 2.24) is 4.98 Å². The minimum atomic E-state index is -0.528. The van der Waals surface area contributed by atoms with Gasteiger partial charge in [0, 0.05) is 23.2 Å². The van der Waals surface area contributed by atoms with Gasteiger partial charge in [-0.3, -0.25) is 4.79 Å². The number of aromatic nitrogens is 1. The van der Waals surface area contributed by atoms with Gasteiger partial charge in [-0.25, -0.2) is 9.78 Å². The van der Waals surface area contributed by atoms with Crippen LogP contribution >= 0.6 is 0 Å². The van der Waals surface area contributed by atoms with Crippen LogP contribution in [-0.4, -0.2) is 30.0 Å². The zero-order chi connectivity index (χ0) is 21.9. The van der Waals surface area contributed by atoms with Gasteiger partial charge in [0.25, 0.3) is 5.91 Å². The summed E-state index contributed by atoms with van der Waals surface area (Å²) in [6.45, 7) is 0.328. The predicted molar refractivity (Wildman–Crippen MR) is 125 cm³/mol. The molecule has 1 aromatic heterocycles. The molecule has 5 nitrogen and oxygen atoms in total. The van der Waals surface area contributed by atoms with Crippen molar-refractivity contribution < 1.29 is 14.3 Å². The number of hydrogen-bond acceptors (Lipinski definition) is 4. The van der Waals surface area contributed by atoms with Gasteiger partial charge < -0.3 is 9.64 Å². The van der Waals surface area contributed by atoms with Crippen molar-refractivity contribution in [3.8, 4) is 11.3 Å². The van der Waals surface area contributed by atoms with E-state index < -0.39 is 5.97 Å². The summed E-state index contributed by atoms with van der Waals surface area (Å²) in [5, 5.41) is 0.702. The number of amides is 1. The minimum Gasteiger partial charge on any atom is -0.452 e. The Balaban J connectivity index is 1.40. The number of ether oxygens (including phenoxy) is 1. The summed E-state index contributed by atoms with van der Waals surface area (Å²) >= 11 is 0. The first-order valence-electron chi connectivity index (χ1n) is 10.7. The Morgan fingerprint density at radius 2 is 1.66 bits per heavy atom. The van der Waals surface area contributed by atoms with Crippen LogP contribution in [0.15, 0.2) is 84.9 Å². The van der Waals surface area contributed by atoms with Crippen molar-refractivity contribution in [2.45, 2.75) is 12.8 Å². The highest BCUT2D eigenvalue weighted by Crippen LogP contribution is 2.28. The van der Waals surface area contributed by atoms with Crippen LogP contribution < -0.4 is 4.90 Å². The van der Waals surface area contributed by atoms with Gasteiger partial charge in [-0.2, -0.15) is 0 Å². The largest absolute Gasteiger partial charge is 0.452 e. The molecule has 5 heteroatoms. The first-order chi connectivity index (χ1) is 15.7. The van der Waals surface area contributed by atoms with E-state index in [2.05, 4.69) is 0 Å². The van der Waals surface area contributed by atoms with Crippen LogP contribution in [0.25, 0.3) is 22.2 Å². The van der Waals surface area contributed by atoms with Gasteiger partial charge in [-0.1, -0.05) is 66.7 Å². The number of fused-ring (bicyclic) bond motifs is 2.